The molecule has 0 spiro atoms. The Kier molecular flexibility index (Phi) is 1.88. The zero-order valence-electron chi connectivity index (χ0n) is 6.81. The summed E-state index contributed by atoms with van der Waals surface area (Å²) in [6.07, 6.45) is -0.511. The predicted octanol–water partition coefficient (Wildman–Crippen LogP) is -1.41. The summed E-state index contributed by atoms with van der Waals surface area (Å²) in [7, 11) is 0. The second kappa shape index (κ2) is 2.67. The molecule has 2 rings (SSSR count). The first kappa shape index (κ1) is 8.44. The molecule has 1 saturated carbocycles. The lowest BCUT2D eigenvalue weighted by Gasteiger charge is -2.15. The molecule has 1 aliphatic heterocycles. The fourth-order valence-corrected chi connectivity index (χ4v) is 2.45. The number of hydrogen-bond donors (Lipinski definition) is 3. The number of rotatable bonds is 2. The van der Waals surface area contributed by atoms with E-state index in [-0.39, 0.29) is 25.0 Å². The van der Waals surface area contributed by atoms with Gasteiger partial charge in [-0.1, -0.05) is 0 Å². The molecule has 0 bridgehead atoms. The molecule has 12 heavy (non-hydrogen) atoms. The van der Waals surface area contributed by atoms with E-state index in [0.29, 0.717) is 13.2 Å². The van der Waals surface area contributed by atoms with Gasteiger partial charge in [0.2, 0.25) is 0 Å². The number of aliphatic hydroxyl groups excluding tert-OH is 3. The van der Waals surface area contributed by atoms with Crippen molar-refractivity contribution in [2.24, 2.45) is 17.3 Å². The van der Waals surface area contributed by atoms with E-state index in [1.807, 2.05) is 0 Å². The maximum atomic E-state index is 9.47. The van der Waals surface area contributed by atoms with Crippen molar-refractivity contribution in [3.8, 4) is 0 Å². The Labute approximate surface area is 70.8 Å². The Morgan fingerprint density at radius 3 is 2.42 bits per heavy atom. The van der Waals surface area contributed by atoms with E-state index < -0.39 is 11.5 Å². The van der Waals surface area contributed by atoms with Gasteiger partial charge in [-0.2, -0.15) is 0 Å². The van der Waals surface area contributed by atoms with Gasteiger partial charge in [0.25, 0.3) is 0 Å². The monoisotopic (exact) mass is 174 g/mol. The van der Waals surface area contributed by atoms with Crippen LogP contribution in [0, 0.1) is 17.3 Å². The highest BCUT2D eigenvalue weighted by molar-refractivity contribution is 5.14. The molecular formula is C8H14O4. The van der Waals surface area contributed by atoms with Gasteiger partial charge < -0.3 is 20.1 Å². The Morgan fingerprint density at radius 1 is 1.25 bits per heavy atom. The molecule has 1 saturated heterocycles. The van der Waals surface area contributed by atoms with Crippen molar-refractivity contribution in [2.75, 3.05) is 26.4 Å². The lowest BCUT2D eigenvalue weighted by atomic mass is 10.0. The van der Waals surface area contributed by atoms with Crippen LogP contribution >= 0.6 is 0 Å². The first-order valence-corrected chi connectivity index (χ1v) is 4.24. The summed E-state index contributed by atoms with van der Waals surface area (Å²) in [5.74, 6) is 0.192. The molecule has 2 aliphatic rings. The SMILES string of the molecule is OCC1(CO)[C@@H]2[C@H](O)COC[C@@H]21. The van der Waals surface area contributed by atoms with Gasteiger partial charge in [0.1, 0.15) is 0 Å². The van der Waals surface area contributed by atoms with Gasteiger partial charge in [-0.15, -0.1) is 0 Å². The van der Waals surface area contributed by atoms with Crippen LogP contribution in [0.25, 0.3) is 0 Å². The standard InChI is InChI=1S/C8H14O4/c9-3-8(4-10)5-1-12-2-6(11)7(5)8/h5-7,9-11H,1-4H2/t5-,6+,7-/m0/s1. The van der Waals surface area contributed by atoms with Crippen molar-refractivity contribution < 1.29 is 20.1 Å². The van der Waals surface area contributed by atoms with Crippen LogP contribution in [0.5, 0.6) is 0 Å². The molecule has 0 aromatic rings. The summed E-state index contributed by atoms with van der Waals surface area (Å²) >= 11 is 0. The Hall–Kier alpha value is -0.160. The minimum atomic E-state index is -0.511. The Balaban J connectivity index is 2.11. The molecule has 4 heteroatoms. The normalized spacial score (nSPS) is 43.8. The number of aliphatic hydroxyl groups is 3. The van der Waals surface area contributed by atoms with E-state index >= 15 is 0 Å². The molecule has 1 aliphatic carbocycles. The van der Waals surface area contributed by atoms with Crippen LogP contribution in [-0.2, 0) is 4.74 Å². The fourth-order valence-electron chi connectivity index (χ4n) is 2.45. The van der Waals surface area contributed by atoms with Gasteiger partial charge in [0, 0.05) is 11.3 Å². The first-order valence-electron chi connectivity index (χ1n) is 4.24. The third kappa shape index (κ3) is 0.864. The van der Waals surface area contributed by atoms with Crippen molar-refractivity contribution in [3.05, 3.63) is 0 Å². The van der Waals surface area contributed by atoms with Crippen molar-refractivity contribution >= 4 is 0 Å². The molecule has 2 fully saturated rings. The maximum Gasteiger partial charge on any atom is 0.0812 e. The summed E-state index contributed by atoms with van der Waals surface area (Å²) in [6.45, 7) is 0.782. The lowest BCUT2D eigenvalue weighted by Crippen LogP contribution is -2.26. The average molecular weight is 174 g/mol. The maximum absolute atomic E-state index is 9.47. The van der Waals surface area contributed by atoms with Gasteiger partial charge in [0.15, 0.2) is 0 Å². The van der Waals surface area contributed by atoms with Crippen LogP contribution in [0.3, 0.4) is 0 Å². The van der Waals surface area contributed by atoms with Crippen molar-refractivity contribution in [3.63, 3.8) is 0 Å². The summed E-state index contributed by atoms with van der Waals surface area (Å²) < 4.78 is 5.12. The van der Waals surface area contributed by atoms with E-state index in [0.717, 1.165) is 0 Å². The van der Waals surface area contributed by atoms with Crippen LogP contribution in [0.1, 0.15) is 0 Å². The minimum absolute atomic E-state index is 0.0428. The number of fused-ring (bicyclic) bond motifs is 1. The number of hydrogen-bond acceptors (Lipinski definition) is 4. The minimum Gasteiger partial charge on any atom is -0.396 e. The molecule has 1 heterocycles. The van der Waals surface area contributed by atoms with E-state index in [1.165, 1.54) is 0 Å². The van der Waals surface area contributed by atoms with Crippen LogP contribution in [-0.4, -0.2) is 47.9 Å². The van der Waals surface area contributed by atoms with E-state index in [9.17, 15) is 5.11 Å². The third-order valence-electron chi connectivity index (χ3n) is 3.32. The smallest absolute Gasteiger partial charge is 0.0812 e. The highest BCUT2D eigenvalue weighted by Gasteiger charge is 2.67. The highest BCUT2D eigenvalue weighted by atomic mass is 16.5. The van der Waals surface area contributed by atoms with Crippen LogP contribution < -0.4 is 0 Å². The van der Waals surface area contributed by atoms with E-state index in [2.05, 4.69) is 0 Å². The molecule has 70 valence electrons. The second-order valence-corrected chi connectivity index (χ2v) is 3.79. The molecule has 0 aromatic carbocycles. The summed E-state index contributed by atoms with van der Waals surface area (Å²) in [6, 6.07) is 0. The summed E-state index contributed by atoms with van der Waals surface area (Å²) in [5, 5.41) is 27.6. The van der Waals surface area contributed by atoms with Crippen molar-refractivity contribution in [1.29, 1.82) is 0 Å². The van der Waals surface area contributed by atoms with Crippen molar-refractivity contribution in [2.45, 2.75) is 6.10 Å². The zero-order chi connectivity index (χ0) is 8.77. The molecule has 4 nitrogen and oxygen atoms in total. The predicted molar refractivity (Wildman–Crippen MR) is 40.4 cm³/mol. The van der Waals surface area contributed by atoms with Crippen LogP contribution in [0.15, 0.2) is 0 Å². The van der Waals surface area contributed by atoms with Crippen molar-refractivity contribution in [1.82, 2.24) is 0 Å². The Morgan fingerprint density at radius 2 is 1.92 bits per heavy atom. The van der Waals surface area contributed by atoms with Gasteiger partial charge in [-0.05, 0) is 5.92 Å². The zero-order valence-corrected chi connectivity index (χ0v) is 6.81. The van der Waals surface area contributed by atoms with Gasteiger partial charge in [-0.25, -0.2) is 0 Å². The van der Waals surface area contributed by atoms with E-state index in [1.54, 1.807) is 0 Å². The fraction of sp³-hybridized carbons (Fsp3) is 1.00. The summed E-state index contributed by atoms with van der Waals surface area (Å²) in [5.41, 5.74) is -0.462. The summed E-state index contributed by atoms with van der Waals surface area (Å²) in [4.78, 5) is 0. The van der Waals surface area contributed by atoms with Crippen LogP contribution in [0.2, 0.25) is 0 Å². The first-order chi connectivity index (χ1) is 5.76. The second-order valence-electron chi connectivity index (χ2n) is 3.79. The quantitative estimate of drug-likeness (QED) is 0.481. The largest absolute Gasteiger partial charge is 0.396 e. The Bertz CT molecular complexity index is 178. The van der Waals surface area contributed by atoms with Crippen LogP contribution in [0.4, 0.5) is 0 Å². The van der Waals surface area contributed by atoms with Gasteiger partial charge in [0.05, 0.1) is 32.5 Å². The molecule has 3 atom stereocenters. The third-order valence-corrected chi connectivity index (χ3v) is 3.32. The molecular weight excluding hydrogens is 160 g/mol. The topological polar surface area (TPSA) is 69.9 Å². The number of ether oxygens (including phenoxy) is 1. The van der Waals surface area contributed by atoms with E-state index in [4.69, 9.17) is 14.9 Å². The molecule has 0 unspecified atom stereocenters. The molecule has 0 aromatic heterocycles. The highest BCUT2D eigenvalue weighted by Crippen LogP contribution is 2.61. The van der Waals surface area contributed by atoms with Gasteiger partial charge >= 0.3 is 0 Å². The average Bonchev–Trinajstić information content (AvgIpc) is 2.75. The lowest BCUT2D eigenvalue weighted by molar-refractivity contribution is -0.0141. The molecule has 0 radical (unpaired) electrons. The molecule has 3 N–H and O–H groups in total. The van der Waals surface area contributed by atoms with Gasteiger partial charge in [-0.3, -0.25) is 0 Å². The molecule has 0 amide bonds.